The second-order valence-electron chi connectivity index (χ2n) is 8.41. The highest BCUT2D eigenvalue weighted by molar-refractivity contribution is 5.92. The Bertz CT molecular complexity index is 1200. The largest absolute Gasteiger partial charge is 0.372 e. The van der Waals surface area contributed by atoms with E-state index in [4.69, 9.17) is 5.10 Å². The first-order valence-electron chi connectivity index (χ1n) is 12.3. The summed E-state index contributed by atoms with van der Waals surface area (Å²) in [6.07, 6.45) is 4.00. The molecule has 0 spiro atoms. The zero-order valence-electron chi connectivity index (χ0n) is 20.8. The van der Waals surface area contributed by atoms with Crippen LogP contribution >= 0.6 is 0 Å². The molecule has 0 fully saturated rings. The molecule has 4 aromatic carbocycles. The highest BCUT2D eigenvalue weighted by Gasteiger charge is 2.09. The molecule has 0 saturated heterocycles. The van der Waals surface area contributed by atoms with Crippen molar-refractivity contribution in [3.05, 3.63) is 132 Å². The Morgan fingerprint density at radius 1 is 0.629 bits per heavy atom. The molecule has 0 saturated carbocycles. The molecule has 0 radical (unpaired) electrons. The van der Waals surface area contributed by atoms with Crippen molar-refractivity contribution in [3.8, 4) is 0 Å². The minimum Gasteiger partial charge on any atom is -0.372 e. The van der Waals surface area contributed by atoms with E-state index in [1.807, 2.05) is 47.6 Å². The van der Waals surface area contributed by atoms with Crippen LogP contribution in [0.25, 0.3) is 5.57 Å². The van der Waals surface area contributed by atoms with Gasteiger partial charge in [-0.3, -0.25) is 0 Å². The van der Waals surface area contributed by atoms with Gasteiger partial charge in [0.05, 0.1) is 11.4 Å². The van der Waals surface area contributed by atoms with Gasteiger partial charge < -0.3 is 4.90 Å². The minimum atomic E-state index is 0.998. The van der Waals surface area contributed by atoms with Crippen molar-refractivity contribution >= 4 is 28.8 Å². The number of allylic oxidation sites excluding steroid dienone is 1. The molecule has 0 aliphatic rings. The van der Waals surface area contributed by atoms with Gasteiger partial charge in [0, 0.05) is 25.0 Å². The summed E-state index contributed by atoms with van der Waals surface area (Å²) in [5.41, 5.74) is 8.01. The molecule has 0 unspecified atom stereocenters. The van der Waals surface area contributed by atoms with Crippen LogP contribution in [0.1, 0.15) is 30.5 Å². The predicted octanol–water partition coefficient (Wildman–Crippen LogP) is 8.10. The molecule has 0 aliphatic carbocycles. The molecule has 0 atom stereocenters. The summed E-state index contributed by atoms with van der Waals surface area (Å²) in [6, 6.07) is 38.0. The number of para-hydroxylation sites is 2. The second kappa shape index (κ2) is 11.8. The number of benzene rings is 4. The molecule has 0 heterocycles. The van der Waals surface area contributed by atoms with Crippen LogP contribution in [0.5, 0.6) is 0 Å². The highest BCUT2D eigenvalue weighted by Crippen LogP contribution is 2.27. The highest BCUT2D eigenvalue weighted by atomic mass is 15.5. The van der Waals surface area contributed by atoms with Gasteiger partial charge in [0.15, 0.2) is 0 Å². The number of hydrazone groups is 1. The molecular weight excluding hydrogens is 426 g/mol. The van der Waals surface area contributed by atoms with Crippen LogP contribution in [0.3, 0.4) is 0 Å². The van der Waals surface area contributed by atoms with Crippen molar-refractivity contribution in [1.82, 2.24) is 0 Å². The quantitative estimate of drug-likeness (QED) is 0.186. The molecule has 0 amide bonds. The first-order chi connectivity index (χ1) is 17.2. The van der Waals surface area contributed by atoms with Crippen LogP contribution in [-0.2, 0) is 0 Å². The normalized spacial score (nSPS) is 11.6. The topological polar surface area (TPSA) is 18.8 Å². The van der Waals surface area contributed by atoms with Gasteiger partial charge in [-0.1, -0.05) is 78.4 Å². The Balaban J connectivity index is 1.72. The fraction of sp³-hybridized carbons (Fsp3) is 0.156. The van der Waals surface area contributed by atoms with Gasteiger partial charge in [0.2, 0.25) is 0 Å². The maximum atomic E-state index is 4.87. The lowest BCUT2D eigenvalue weighted by atomic mass is 9.96. The zero-order chi connectivity index (χ0) is 24.5. The summed E-state index contributed by atoms with van der Waals surface area (Å²) >= 11 is 0. The number of aryl methyl sites for hydroxylation is 1. The summed E-state index contributed by atoms with van der Waals surface area (Å²) in [5, 5.41) is 6.83. The molecule has 4 aromatic rings. The Hall–Kier alpha value is -4.11. The van der Waals surface area contributed by atoms with Crippen LogP contribution in [0.2, 0.25) is 0 Å². The molecule has 0 bridgehead atoms. The molecule has 3 nitrogen and oxygen atoms in total. The molecule has 3 heteroatoms. The van der Waals surface area contributed by atoms with Crippen LogP contribution in [-0.4, -0.2) is 19.3 Å². The van der Waals surface area contributed by atoms with E-state index in [1.54, 1.807) is 0 Å². The fourth-order valence-electron chi connectivity index (χ4n) is 4.13. The molecule has 0 N–H and O–H groups in total. The first-order valence-corrected chi connectivity index (χ1v) is 12.3. The monoisotopic (exact) mass is 459 g/mol. The van der Waals surface area contributed by atoms with E-state index >= 15 is 0 Å². The van der Waals surface area contributed by atoms with E-state index in [0.717, 1.165) is 30.0 Å². The molecular formula is C32H33N3. The van der Waals surface area contributed by atoms with Crippen molar-refractivity contribution in [1.29, 1.82) is 0 Å². The predicted molar refractivity (Wildman–Crippen MR) is 152 cm³/mol. The molecule has 0 aliphatic heterocycles. The summed E-state index contributed by atoms with van der Waals surface area (Å²) in [4.78, 5) is 2.36. The number of nitrogens with zero attached hydrogens (tertiary/aromatic N) is 3. The van der Waals surface area contributed by atoms with E-state index in [0.29, 0.717) is 0 Å². The fourth-order valence-corrected chi connectivity index (χ4v) is 4.13. The van der Waals surface area contributed by atoms with E-state index in [9.17, 15) is 0 Å². The third-order valence-electron chi connectivity index (χ3n) is 6.09. The third kappa shape index (κ3) is 6.07. The molecule has 176 valence electrons. The van der Waals surface area contributed by atoms with E-state index < -0.39 is 0 Å². The van der Waals surface area contributed by atoms with Gasteiger partial charge >= 0.3 is 0 Å². The Morgan fingerprint density at radius 3 is 1.60 bits per heavy atom. The standard InChI is InChI=1S/C32H33N3/c1-4-34(5-2)29-22-20-28(21-23-29)32(27-18-16-26(3)17-19-27)24-25-33-35(30-12-8-6-9-13-30)31-14-10-7-11-15-31/h6-25H,4-5H2,1-3H3/b32-24+,33-25-. The van der Waals surface area contributed by atoms with Gasteiger partial charge in [-0.25, -0.2) is 5.01 Å². The average Bonchev–Trinajstić information content (AvgIpc) is 2.92. The van der Waals surface area contributed by atoms with Crippen LogP contribution in [0.15, 0.2) is 120 Å². The van der Waals surface area contributed by atoms with Crippen molar-refractivity contribution < 1.29 is 0 Å². The maximum absolute atomic E-state index is 4.87. The molecule has 4 rings (SSSR count). The summed E-state index contributed by atoms with van der Waals surface area (Å²) < 4.78 is 0. The van der Waals surface area contributed by atoms with Crippen molar-refractivity contribution in [3.63, 3.8) is 0 Å². The number of anilines is 3. The lowest BCUT2D eigenvalue weighted by Crippen LogP contribution is -2.21. The number of hydrogen-bond donors (Lipinski definition) is 0. The average molecular weight is 460 g/mol. The van der Waals surface area contributed by atoms with E-state index in [1.165, 1.54) is 22.4 Å². The van der Waals surface area contributed by atoms with Gasteiger partial charge in [0.25, 0.3) is 0 Å². The SMILES string of the molecule is CCN(CC)c1ccc(/C(=C/C=N\N(c2ccccc2)c2ccccc2)c2ccc(C)cc2)cc1. The minimum absolute atomic E-state index is 0.998. The molecule has 35 heavy (non-hydrogen) atoms. The van der Waals surface area contributed by atoms with Crippen molar-refractivity contribution in [2.24, 2.45) is 5.10 Å². The van der Waals surface area contributed by atoms with Crippen LogP contribution < -0.4 is 9.91 Å². The van der Waals surface area contributed by atoms with E-state index in [-0.39, 0.29) is 0 Å². The van der Waals surface area contributed by atoms with Crippen molar-refractivity contribution in [2.45, 2.75) is 20.8 Å². The lowest BCUT2D eigenvalue weighted by molar-refractivity contribution is 0.866. The first kappa shape index (κ1) is 24.0. The number of hydrogen-bond acceptors (Lipinski definition) is 3. The van der Waals surface area contributed by atoms with Crippen molar-refractivity contribution in [2.75, 3.05) is 23.0 Å². The second-order valence-corrected chi connectivity index (χ2v) is 8.41. The maximum Gasteiger partial charge on any atom is 0.0652 e. The lowest BCUT2D eigenvalue weighted by Gasteiger charge is -2.21. The van der Waals surface area contributed by atoms with E-state index in [2.05, 4.69) is 105 Å². The number of rotatable bonds is 9. The molecule has 0 aromatic heterocycles. The Morgan fingerprint density at radius 2 is 1.11 bits per heavy atom. The van der Waals surface area contributed by atoms with Crippen LogP contribution in [0, 0.1) is 6.92 Å². The zero-order valence-corrected chi connectivity index (χ0v) is 20.8. The van der Waals surface area contributed by atoms with Gasteiger partial charge in [-0.2, -0.15) is 5.10 Å². The summed E-state index contributed by atoms with van der Waals surface area (Å²) in [7, 11) is 0. The van der Waals surface area contributed by atoms with Gasteiger partial charge in [-0.05, 0) is 79.9 Å². The van der Waals surface area contributed by atoms with Gasteiger partial charge in [-0.15, -0.1) is 0 Å². The Labute approximate surface area is 209 Å². The van der Waals surface area contributed by atoms with Crippen LogP contribution in [0.4, 0.5) is 17.1 Å². The third-order valence-corrected chi connectivity index (χ3v) is 6.09. The van der Waals surface area contributed by atoms with Gasteiger partial charge in [0.1, 0.15) is 0 Å². The summed E-state index contributed by atoms with van der Waals surface area (Å²) in [5.74, 6) is 0. The summed E-state index contributed by atoms with van der Waals surface area (Å²) in [6.45, 7) is 8.49. The Kier molecular flexibility index (Phi) is 8.13. The smallest absolute Gasteiger partial charge is 0.0652 e.